The van der Waals surface area contributed by atoms with Gasteiger partial charge in [-0.15, -0.1) is 0 Å². The highest BCUT2D eigenvalue weighted by atomic mass is 19.1. The van der Waals surface area contributed by atoms with Crippen molar-refractivity contribution in [2.45, 2.75) is 26.0 Å². The summed E-state index contributed by atoms with van der Waals surface area (Å²) in [5, 5.41) is 20.3. The van der Waals surface area contributed by atoms with Crippen LogP contribution in [0.1, 0.15) is 19.9 Å². The molecule has 0 aliphatic heterocycles. The molecule has 3 N–H and O–H groups in total. The Balaban J connectivity index is 2.38. The third-order valence-electron chi connectivity index (χ3n) is 2.96. The lowest BCUT2D eigenvalue weighted by atomic mass is 10.2. The molecule has 2 aromatic rings. The van der Waals surface area contributed by atoms with Gasteiger partial charge in [-0.05, 0) is 19.9 Å². The van der Waals surface area contributed by atoms with Crippen LogP contribution in [0.3, 0.4) is 0 Å². The van der Waals surface area contributed by atoms with E-state index in [1.54, 1.807) is 13.8 Å². The third-order valence-corrected chi connectivity index (χ3v) is 2.96. The number of anilines is 1. The second-order valence-corrected chi connectivity index (χ2v) is 4.87. The van der Waals surface area contributed by atoms with Crippen molar-refractivity contribution in [3.63, 3.8) is 0 Å². The molecule has 0 fully saturated rings. The van der Waals surface area contributed by atoms with Crippen LogP contribution in [0.4, 0.5) is 10.1 Å². The molecule has 114 valence electrons. The van der Waals surface area contributed by atoms with Gasteiger partial charge in [0.15, 0.2) is 17.5 Å². The minimum Gasteiger partial charge on any atom is -0.479 e. The molecule has 1 aromatic carbocycles. The summed E-state index contributed by atoms with van der Waals surface area (Å²) in [6, 6.07) is 2.23. The van der Waals surface area contributed by atoms with Gasteiger partial charge in [-0.1, -0.05) is 0 Å². The topological polar surface area (TPSA) is 105 Å². The van der Waals surface area contributed by atoms with Crippen molar-refractivity contribution in [2.75, 3.05) is 11.9 Å². The summed E-state index contributed by atoms with van der Waals surface area (Å²) in [6.07, 6.45) is -1.61. The Morgan fingerprint density at radius 2 is 2.14 bits per heavy atom. The van der Waals surface area contributed by atoms with E-state index in [1.165, 1.54) is 10.6 Å². The Morgan fingerprint density at radius 3 is 2.71 bits per heavy atom. The zero-order chi connectivity index (χ0) is 15.7. The smallest absolute Gasteiger partial charge is 0.420 e. The molecule has 1 aromatic heterocycles. The molecule has 0 radical (unpaired) electrons. The Morgan fingerprint density at radius 1 is 1.48 bits per heavy atom. The molecule has 0 unspecified atom stereocenters. The zero-order valence-corrected chi connectivity index (χ0v) is 11.5. The summed E-state index contributed by atoms with van der Waals surface area (Å²) in [5.41, 5.74) is 0.324. The standard InChI is InChI=1S/C13H15FN2O5/c1-6(2)16-11-8(14)3-7(4-10(11)21-13(16)20)15-5-9(17)12(18)19/h3-4,6,9,15,17H,5H2,1-2H3,(H,18,19)/t9-/m1/s1. The summed E-state index contributed by atoms with van der Waals surface area (Å²) in [6.45, 7) is 3.16. The minimum absolute atomic E-state index is 0.0549. The van der Waals surface area contributed by atoms with Crippen LogP contribution in [0, 0.1) is 5.82 Å². The van der Waals surface area contributed by atoms with Gasteiger partial charge in [0.25, 0.3) is 0 Å². The van der Waals surface area contributed by atoms with Crippen LogP contribution < -0.4 is 11.1 Å². The lowest BCUT2D eigenvalue weighted by Crippen LogP contribution is -2.28. The molecule has 7 nitrogen and oxygen atoms in total. The van der Waals surface area contributed by atoms with Gasteiger partial charge in [0.1, 0.15) is 5.52 Å². The van der Waals surface area contributed by atoms with Gasteiger partial charge in [-0.3, -0.25) is 4.57 Å². The predicted molar refractivity (Wildman–Crippen MR) is 72.9 cm³/mol. The molecule has 0 aliphatic rings. The first-order valence-electron chi connectivity index (χ1n) is 6.30. The molecular weight excluding hydrogens is 283 g/mol. The number of aromatic nitrogens is 1. The van der Waals surface area contributed by atoms with Crippen molar-refractivity contribution in [1.29, 1.82) is 0 Å². The SMILES string of the molecule is CC(C)n1c(=O)oc2cc(NC[C@@H](O)C(=O)O)cc(F)c21. The van der Waals surface area contributed by atoms with Crippen LogP contribution in [-0.2, 0) is 4.79 Å². The van der Waals surface area contributed by atoms with E-state index in [2.05, 4.69) is 5.32 Å². The largest absolute Gasteiger partial charge is 0.479 e. The number of aliphatic hydroxyl groups is 1. The van der Waals surface area contributed by atoms with E-state index >= 15 is 0 Å². The number of oxazole rings is 1. The van der Waals surface area contributed by atoms with Crippen molar-refractivity contribution in [3.8, 4) is 0 Å². The molecule has 0 saturated heterocycles. The van der Waals surface area contributed by atoms with E-state index < -0.39 is 23.6 Å². The van der Waals surface area contributed by atoms with Crippen LogP contribution in [0.2, 0.25) is 0 Å². The molecule has 0 aliphatic carbocycles. The number of aliphatic hydroxyl groups excluding tert-OH is 1. The van der Waals surface area contributed by atoms with Crippen LogP contribution in [0.5, 0.6) is 0 Å². The van der Waals surface area contributed by atoms with Gasteiger partial charge >= 0.3 is 11.7 Å². The van der Waals surface area contributed by atoms with Crippen molar-refractivity contribution < 1.29 is 23.8 Å². The third kappa shape index (κ3) is 2.89. The van der Waals surface area contributed by atoms with Gasteiger partial charge in [-0.2, -0.15) is 0 Å². The molecule has 1 heterocycles. The summed E-state index contributed by atoms with van der Waals surface area (Å²) in [4.78, 5) is 22.2. The van der Waals surface area contributed by atoms with Gasteiger partial charge in [-0.25, -0.2) is 14.0 Å². The number of benzene rings is 1. The first kappa shape index (κ1) is 15.0. The zero-order valence-electron chi connectivity index (χ0n) is 11.5. The number of hydrogen-bond acceptors (Lipinski definition) is 5. The lowest BCUT2D eigenvalue weighted by Gasteiger charge is -2.10. The Labute approximate surface area is 118 Å². The average molecular weight is 298 g/mol. The maximum atomic E-state index is 14.1. The van der Waals surface area contributed by atoms with Gasteiger partial charge in [0, 0.05) is 17.8 Å². The molecule has 0 saturated carbocycles. The fourth-order valence-electron chi connectivity index (χ4n) is 1.99. The van der Waals surface area contributed by atoms with Gasteiger partial charge in [0.05, 0.1) is 6.54 Å². The van der Waals surface area contributed by atoms with E-state index in [4.69, 9.17) is 14.6 Å². The lowest BCUT2D eigenvalue weighted by molar-refractivity contribution is -0.145. The van der Waals surface area contributed by atoms with Crippen LogP contribution >= 0.6 is 0 Å². The normalized spacial score (nSPS) is 12.8. The maximum absolute atomic E-state index is 14.1. The summed E-state index contributed by atoms with van der Waals surface area (Å²) >= 11 is 0. The monoisotopic (exact) mass is 298 g/mol. The molecule has 21 heavy (non-hydrogen) atoms. The van der Waals surface area contributed by atoms with E-state index in [0.29, 0.717) is 0 Å². The number of carbonyl (C=O) groups is 1. The first-order chi connectivity index (χ1) is 9.81. The molecule has 2 rings (SSSR count). The highest BCUT2D eigenvalue weighted by Crippen LogP contribution is 2.24. The number of hydrogen-bond donors (Lipinski definition) is 3. The fraction of sp³-hybridized carbons (Fsp3) is 0.385. The van der Waals surface area contributed by atoms with E-state index in [-0.39, 0.29) is 29.4 Å². The molecular formula is C13H15FN2O5. The number of rotatable bonds is 5. The van der Waals surface area contributed by atoms with Crippen LogP contribution in [-0.4, -0.2) is 33.4 Å². The Bertz CT molecular complexity index is 734. The van der Waals surface area contributed by atoms with Gasteiger partial charge in [0.2, 0.25) is 0 Å². The van der Waals surface area contributed by atoms with E-state index in [0.717, 1.165) is 6.07 Å². The number of carboxylic acid groups (broad SMARTS) is 1. The highest BCUT2D eigenvalue weighted by Gasteiger charge is 2.18. The quantitative estimate of drug-likeness (QED) is 0.765. The average Bonchev–Trinajstić information content (AvgIpc) is 2.72. The number of aliphatic carboxylic acids is 1. The number of nitrogens with one attached hydrogen (secondary N) is 1. The number of fused-ring (bicyclic) bond motifs is 1. The van der Waals surface area contributed by atoms with Crippen molar-refractivity contribution in [1.82, 2.24) is 4.57 Å². The van der Waals surface area contributed by atoms with Crippen molar-refractivity contribution >= 4 is 22.8 Å². The van der Waals surface area contributed by atoms with E-state index in [9.17, 15) is 14.0 Å². The molecule has 0 amide bonds. The predicted octanol–water partition coefficient (Wildman–Crippen LogP) is 1.17. The fourth-order valence-corrected chi connectivity index (χ4v) is 1.99. The van der Waals surface area contributed by atoms with E-state index in [1.807, 2.05) is 0 Å². The molecule has 0 spiro atoms. The summed E-state index contributed by atoms with van der Waals surface area (Å²) < 4.78 is 20.3. The maximum Gasteiger partial charge on any atom is 0.420 e. The number of halogens is 1. The van der Waals surface area contributed by atoms with Crippen molar-refractivity contribution in [3.05, 3.63) is 28.5 Å². The van der Waals surface area contributed by atoms with Crippen molar-refractivity contribution in [2.24, 2.45) is 0 Å². The van der Waals surface area contributed by atoms with Gasteiger partial charge < -0.3 is 19.9 Å². The van der Waals surface area contributed by atoms with Crippen LogP contribution in [0.25, 0.3) is 11.1 Å². The molecule has 1 atom stereocenters. The Hall–Kier alpha value is -2.35. The molecule has 0 bridgehead atoms. The number of carboxylic acids is 1. The van der Waals surface area contributed by atoms with Crippen LogP contribution in [0.15, 0.2) is 21.3 Å². The highest BCUT2D eigenvalue weighted by molar-refractivity contribution is 5.79. The summed E-state index contributed by atoms with van der Waals surface area (Å²) in [5.74, 6) is -2.72. The molecule has 8 heteroatoms. The Kier molecular flexibility index (Phi) is 3.99. The number of nitrogens with zero attached hydrogens (tertiary/aromatic N) is 1. The summed E-state index contributed by atoms with van der Waals surface area (Å²) in [7, 11) is 0. The second-order valence-electron chi connectivity index (χ2n) is 4.87. The second kappa shape index (κ2) is 5.57. The first-order valence-corrected chi connectivity index (χ1v) is 6.30. The minimum atomic E-state index is -1.61.